The predicted molar refractivity (Wildman–Crippen MR) is 358 cm³/mol. The Kier molecular flexibility index (Phi) is 60.8. The Hall–Kier alpha value is -1.94. The smallest absolute Gasteiger partial charge is 0.462 e. The molecule has 0 bridgehead atoms. The van der Waals surface area contributed by atoms with Gasteiger partial charge < -0.3 is 33.8 Å². The number of aliphatic hydroxyl groups excluding tert-OH is 1. The lowest BCUT2D eigenvalue weighted by Gasteiger charge is -2.21. The Bertz CT molecular complexity index is 1740. The summed E-state index contributed by atoms with van der Waals surface area (Å²) in [6.45, 7) is 9.59. The van der Waals surface area contributed by atoms with E-state index >= 15 is 0 Å². The molecule has 0 aliphatic carbocycles. The minimum atomic E-state index is -4.95. The van der Waals surface area contributed by atoms with Crippen LogP contribution in [-0.2, 0) is 65.4 Å². The lowest BCUT2D eigenvalue weighted by atomic mass is 9.99. The molecule has 7 atom stereocenters. The van der Waals surface area contributed by atoms with Crippen molar-refractivity contribution < 1.29 is 80.2 Å². The van der Waals surface area contributed by atoms with Crippen LogP contribution < -0.4 is 0 Å². The Morgan fingerprint density at radius 3 is 0.798 bits per heavy atom. The van der Waals surface area contributed by atoms with E-state index in [4.69, 9.17) is 37.0 Å². The highest BCUT2D eigenvalue weighted by molar-refractivity contribution is 7.47. The molecule has 89 heavy (non-hydrogen) atoms. The van der Waals surface area contributed by atoms with Crippen LogP contribution in [0.2, 0.25) is 0 Å². The van der Waals surface area contributed by atoms with Crippen molar-refractivity contribution in [3.63, 3.8) is 0 Å². The Labute approximate surface area is 543 Å². The fourth-order valence-corrected chi connectivity index (χ4v) is 12.1. The van der Waals surface area contributed by atoms with E-state index in [1.54, 1.807) is 0 Å². The predicted octanol–water partition coefficient (Wildman–Crippen LogP) is 20.0. The number of carbonyl (C=O) groups is 4. The minimum absolute atomic E-state index is 0.106. The number of carbonyl (C=O) groups excluding carboxylic acids is 4. The largest absolute Gasteiger partial charge is 0.472 e. The molecule has 0 saturated heterocycles. The lowest BCUT2D eigenvalue weighted by molar-refractivity contribution is -0.161. The van der Waals surface area contributed by atoms with E-state index in [1.807, 2.05) is 0 Å². The standard InChI is InChI=1S/C70H136O17P2/c1-7-11-13-15-17-19-21-30-36-42-48-54-69(74)86-65(58-80-67(72)52-46-40-34-28-20-18-16-14-12-8-2)60-84-88(76,77)82-56-64(71)57-83-89(78,79)85-61-66(87-70(75)55-49-43-37-31-25-23-27-33-39-45-51-63(6)10-4)59-81-68(73)53-47-41-35-29-24-22-26-32-38-44-50-62(5)9-3/h62-66,71H,7-61H2,1-6H3,(H,76,77)(H,78,79)/t62?,63?,64-,65+,66+/m0/s1. The highest BCUT2D eigenvalue weighted by Crippen LogP contribution is 2.45. The van der Waals surface area contributed by atoms with Gasteiger partial charge in [0.15, 0.2) is 12.2 Å². The van der Waals surface area contributed by atoms with Crippen LogP contribution in [0, 0.1) is 11.8 Å². The van der Waals surface area contributed by atoms with E-state index in [-0.39, 0.29) is 25.7 Å². The summed E-state index contributed by atoms with van der Waals surface area (Å²) in [5.41, 5.74) is 0. The van der Waals surface area contributed by atoms with Gasteiger partial charge in [-0.25, -0.2) is 9.13 Å². The van der Waals surface area contributed by atoms with Gasteiger partial charge in [0.1, 0.15) is 19.3 Å². The average molecular weight is 1310 g/mol. The zero-order chi connectivity index (χ0) is 65.7. The molecule has 0 aromatic carbocycles. The van der Waals surface area contributed by atoms with Crippen LogP contribution in [0.25, 0.3) is 0 Å². The van der Waals surface area contributed by atoms with E-state index in [0.717, 1.165) is 102 Å². The summed E-state index contributed by atoms with van der Waals surface area (Å²) >= 11 is 0. The van der Waals surface area contributed by atoms with E-state index in [0.29, 0.717) is 25.7 Å². The van der Waals surface area contributed by atoms with Crippen molar-refractivity contribution in [3.05, 3.63) is 0 Å². The van der Waals surface area contributed by atoms with Crippen LogP contribution in [0.1, 0.15) is 356 Å². The van der Waals surface area contributed by atoms with E-state index in [9.17, 15) is 43.2 Å². The van der Waals surface area contributed by atoms with Crippen molar-refractivity contribution in [1.82, 2.24) is 0 Å². The average Bonchev–Trinajstić information content (AvgIpc) is 3.58. The van der Waals surface area contributed by atoms with E-state index < -0.39 is 97.5 Å². The zero-order valence-corrected chi connectivity index (χ0v) is 59.5. The maximum Gasteiger partial charge on any atom is 0.472 e. The summed E-state index contributed by atoms with van der Waals surface area (Å²) in [5, 5.41) is 10.6. The molecule has 0 aliphatic heterocycles. The highest BCUT2D eigenvalue weighted by Gasteiger charge is 2.30. The second kappa shape index (κ2) is 62.2. The quantitative estimate of drug-likeness (QED) is 0.0222. The van der Waals surface area contributed by atoms with Crippen LogP contribution in [0.15, 0.2) is 0 Å². The molecule has 17 nitrogen and oxygen atoms in total. The molecule has 0 saturated carbocycles. The minimum Gasteiger partial charge on any atom is -0.462 e. The van der Waals surface area contributed by atoms with Gasteiger partial charge in [0.2, 0.25) is 0 Å². The van der Waals surface area contributed by atoms with Crippen LogP contribution in [-0.4, -0.2) is 96.7 Å². The second-order valence-electron chi connectivity index (χ2n) is 25.8. The molecule has 0 aliphatic rings. The number of esters is 4. The van der Waals surface area contributed by atoms with Crippen LogP contribution in [0.4, 0.5) is 0 Å². The molecule has 3 N–H and O–H groups in total. The maximum absolute atomic E-state index is 13.0. The van der Waals surface area contributed by atoms with Crippen molar-refractivity contribution in [2.45, 2.75) is 374 Å². The van der Waals surface area contributed by atoms with Crippen molar-refractivity contribution in [2.75, 3.05) is 39.6 Å². The summed E-state index contributed by atoms with van der Waals surface area (Å²) in [6, 6.07) is 0. The number of aliphatic hydroxyl groups is 1. The maximum atomic E-state index is 13.0. The van der Waals surface area contributed by atoms with Gasteiger partial charge in [-0.05, 0) is 37.5 Å². The third-order valence-electron chi connectivity index (χ3n) is 16.9. The molecule has 4 unspecified atom stereocenters. The topological polar surface area (TPSA) is 237 Å². The lowest BCUT2D eigenvalue weighted by Crippen LogP contribution is -2.30. The molecule has 528 valence electrons. The number of unbranched alkanes of at least 4 members (excludes halogenated alkanes) is 37. The number of ether oxygens (including phenoxy) is 4. The SMILES string of the molecule is CCCCCCCCCCCCCC(=O)O[C@H](COC(=O)CCCCCCCCCCCC)COP(=O)(O)OC[C@H](O)COP(=O)(O)OC[C@@H](COC(=O)CCCCCCCCCCCCC(C)CC)OC(=O)CCCCCCCCCCCCC(C)CC. The summed E-state index contributed by atoms with van der Waals surface area (Å²) in [7, 11) is -9.90. The first-order valence-corrected chi connectivity index (χ1v) is 39.6. The van der Waals surface area contributed by atoms with Gasteiger partial charge in [0.25, 0.3) is 0 Å². The Morgan fingerprint density at radius 2 is 0.539 bits per heavy atom. The highest BCUT2D eigenvalue weighted by atomic mass is 31.2. The zero-order valence-electron chi connectivity index (χ0n) is 57.7. The van der Waals surface area contributed by atoms with Gasteiger partial charge in [-0.15, -0.1) is 0 Å². The fraction of sp³-hybridized carbons (Fsp3) is 0.943. The second-order valence-corrected chi connectivity index (χ2v) is 28.7. The van der Waals surface area contributed by atoms with Gasteiger partial charge in [-0.1, -0.05) is 305 Å². The van der Waals surface area contributed by atoms with E-state index in [2.05, 4.69) is 41.5 Å². The molecular formula is C70H136O17P2. The van der Waals surface area contributed by atoms with Gasteiger partial charge in [-0.2, -0.15) is 0 Å². The molecule has 19 heteroatoms. The molecule has 0 heterocycles. The summed E-state index contributed by atoms with van der Waals surface area (Å²) in [4.78, 5) is 72.5. The molecule has 0 spiro atoms. The molecule has 0 aromatic rings. The summed E-state index contributed by atoms with van der Waals surface area (Å²) < 4.78 is 68.3. The molecule has 0 amide bonds. The summed E-state index contributed by atoms with van der Waals surface area (Å²) in [5.74, 6) is -0.511. The van der Waals surface area contributed by atoms with Crippen LogP contribution in [0.5, 0.6) is 0 Å². The van der Waals surface area contributed by atoms with Crippen molar-refractivity contribution >= 4 is 39.5 Å². The fourth-order valence-electron chi connectivity index (χ4n) is 10.5. The van der Waals surface area contributed by atoms with E-state index in [1.165, 1.54) is 173 Å². The van der Waals surface area contributed by atoms with Crippen molar-refractivity contribution in [2.24, 2.45) is 11.8 Å². The first kappa shape index (κ1) is 87.1. The number of rotatable bonds is 69. The molecule has 0 rings (SSSR count). The first-order chi connectivity index (χ1) is 42.9. The van der Waals surface area contributed by atoms with Crippen LogP contribution in [0.3, 0.4) is 0 Å². The van der Waals surface area contributed by atoms with Gasteiger partial charge >= 0.3 is 39.5 Å². The number of hydrogen-bond donors (Lipinski definition) is 3. The molecule has 0 fully saturated rings. The van der Waals surface area contributed by atoms with Crippen molar-refractivity contribution in [1.29, 1.82) is 0 Å². The van der Waals surface area contributed by atoms with Gasteiger partial charge in [0.05, 0.1) is 26.4 Å². The summed E-state index contributed by atoms with van der Waals surface area (Å²) in [6.07, 6.45) is 46.9. The number of phosphoric ester groups is 2. The Morgan fingerprint density at radius 1 is 0.315 bits per heavy atom. The first-order valence-electron chi connectivity index (χ1n) is 36.6. The third kappa shape index (κ3) is 62.0. The van der Waals surface area contributed by atoms with Gasteiger partial charge in [0, 0.05) is 25.7 Å². The number of hydrogen-bond acceptors (Lipinski definition) is 15. The number of phosphoric acid groups is 2. The third-order valence-corrected chi connectivity index (χ3v) is 18.8. The van der Waals surface area contributed by atoms with Gasteiger partial charge in [-0.3, -0.25) is 37.3 Å². The Balaban J connectivity index is 5.26. The van der Waals surface area contributed by atoms with Crippen LogP contribution >= 0.6 is 15.6 Å². The molecule has 0 aromatic heterocycles. The normalized spacial score (nSPS) is 14.8. The molecular weight excluding hydrogens is 1170 g/mol. The molecule has 0 radical (unpaired) electrons. The van der Waals surface area contributed by atoms with Crippen molar-refractivity contribution in [3.8, 4) is 0 Å². The monoisotopic (exact) mass is 1310 g/mol.